The van der Waals surface area contributed by atoms with Crippen LogP contribution in [0.15, 0.2) is 18.2 Å². The average Bonchev–Trinajstić information content (AvgIpc) is 2.67. The number of fused-ring (bicyclic) bond motifs is 1. The monoisotopic (exact) mass is 261 g/mol. The van der Waals surface area contributed by atoms with Gasteiger partial charge in [0.2, 0.25) is 0 Å². The van der Waals surface area contributed by atoms with Gasteiger partial charge in [0.25, 0.3) is 0 Å². The smallest absolute Gasteiger partial charge is 0.111 e. The first-order valence-electron chi connectivity index (χ1n) is 6.11. The molecule has 0 unspecified atom stereocenters. The second kappa shape index (κ2) is 5.41. The standard InChI is InChI=1S/C14H16ClN3/c1-10(2)9-18-13-7-11(8-16)3-4-12(13)17-14(18)5-6-15/h3-4,7,10H,5-6,9H2,1-2H3. The van der Waals surface area contributed by atoms with E-state index in [-0.39, 0.29) is 0 Å². The number of hydrogen-bond acceptors (Lipinski definition) is 2. The van der Waals surface area contributed by atoms with Gasteiger partial charge in [-0.15, -0.1) is 11.6 Å². The Morgan fingerprint density at radius 2 is 2.22 bits per heavy atom. The first-order valence-corrected chi connectivity index (χ1v) is 6.64. The number of aromatic nitrogens is 2. The topological polar surface area (TPSA) is 41.6 Å². The van der Waals surface area contributed by atoms with E-state index in [2.05, 4.69) is 29.5 Å². The van der Waals surface area contributed by atoms with Crippen molar-refractivity contribution in [2.24, 2.45) is 5.92 Å². The van der Waals surface area contributed by atoms with Crippen LogP contribution < -0.4 is 0 Å². The van der Waals surface area contributed by atoms with Crippen molar-refractivity contribution in [3.63, 3.8) is 0 Å². The molecule has 0 fully saturated rings. The Kier molecular flexibility index (Phi) is 3.88. The predicted octanol–water partition coefficient (Wildman–Crippen LogP) is 3.35. The Bertz CT molecular complexity index is 593. The highest BCUT2D eigenvalue weighted by Gasteiger charge is 2.11. The summed E-state index contributed by atoms with van der Waals surface area (Å²) in [6.45, 7) is 5.24. The molecule has 0 aliphatic carbocycles. The Labute approximate surface area is 112 Å². The zero-order chi connectivity index (χ0) is 13.1. The predicted molar refractivity (Wildman–Crippen MR) is 73.7 cm³/mol. The third-order valence-corrected chi connectivity index (χ3v) is 3.01. The number of hydrogen-bond donors (Lipinski definition) is 0. The second-order valence-corrected chi connectivity index (χ2v) is 5.16. The van der Waals surface area contributed by atoms with E-state index >= 15 is 0 Å². The highest BCUT2D eigenvalue weighted by molar-refractivity contribution is 6.17. The molecular weight excluding hydrogens is 246 g/mol. The van der Waals surface area contributed by atoms with Crippen LogP contribution in [0, 0.1) is 17.2 Å². The average molecular weight is 262 g/mol. The molecule has 0 saturated carbocycles. The molecule has 1 aromatic heterocycles. The van der Waals surface area contributed by atoms with Gasteiger partial charge in [0.15, 0.2) is 0 Å². The van der Waals surface area contributed by atoms with Crippen LogP contribution >= 0.6 is 11.6 Å². The lowest BCUT2D eigenvalue weighted by Gasteiger charge is -2.11. The van der Waals surface area contributed by atoms with E-state index in [0.29, 0.717) is 17.4 Å². The van der Waals surface area contributed by atoms with E-state index in [1.807, 2.05) is 12.1 Å². The molecule has 0 spiro atoms. The van der Waals surface area contributed by atoms with Crippen LogP contribution in [0.2, 0.25) is 0 Å². The first-order chi connectivity index (χ1) is 8.65. The van der Waals surface area contributed by atoms with E-state index in [1.54, 1.807) is 6.07 Å². The van der Waals surface area contributed by atoms with E-state index in [1.165, 1.54) is 0 Å². The van der Waals surface area contributed by atoms with Crippen LogP contribution in [0.4, 0.5) is 0 Å². The molecule has 2 rings (SSSR count). The number of alkyl halides is 1. The molecule has 2 aromatic rings. The van der Waals surface area contributed by atoms with Gasteiger partial charge in [-0.1, -0.05) is 13.8 Å². The second-order valence-electron chi connectivity index (χ2n) is 4.79. The normalized spacial score (nSPS) is 11.1. The molecule has 0 amide bonds. The minimum absolute atomic E-state index is 0.530. The number of nitrogens with zero attached hydrogens (tertiary/aromatic N) is 3. The van der Waals surface area contributed by atoms with Gasteiger partial charge in [0.05, 0.1) is 22.7 Å². The van der Waals surface area contributed by atoms with Crippen molar-refractivity contribution in [1.29, 1.82) is 5.26 Å². The molecule has 0 bridgehead atoms. The van der Waals surface area contributed by atoms with Gasteiger partial charge in [-0.2, -0.15) is 5.26 Å². The van der Waals surface area contributed by atoms with E-state index in [9.17, 15) is 0 Å². The quantitative estimate of drug-likeness (QED) is 0.792. The van der Waals surface area contributed by atoms with Crippen LogP contribution in [-0.4, -0.2) is 15.4 Å². The van der Waals surface area contributed by atoms with Crippen LogP contribution in [0.25, 0.3) is 11.0 Å². The fourth-order valence-electron chi connectivity index (χ4n) is 2.09. The summed E-state index contributed by atoms with van der Waals surface area (Å²) in [5.41, 5.74) is 2.64. The molecule has 3 nitrogen and oxygen atoms in total. The highest BCUT2D eigenvalue weighted by Crippen LogP contribution is 2.20. The molecule has 1 heterocycles. The van der Waals surface area contributed by atoms with Gasteiger partial charge in [0.1, 0.15) is 5.82 Å². The van der Waals surface area contributed by atoms with Crippen LogP contribution in [0.3, 0.4) is 0 Å². The molecule has 0 N–H and O–H groups in total. The lowest BCUT2D eigenvalue weighted by molar-refractivity contribution is 0.519. The van der Waals surface area contributed by atoms with Gasteiger partial charge >= 0.3 is 0 Å². The molecule has 0 radical (unpaired) electrons. The van der Waals surface area contributed by atoms with Crippen molar-refractivity contribution >= 4 is 22.6 Å². The summed E-state index contributed by atoms with van der Waals surface area (Å²) < 4.78 is 2.18. The molecule has 0 saturated heterocycles. The molecular formula is C14H16ClN3. The Balaban J connectivity index is 2.59. The fourth-order valence-corrected chi connectivity index (χ4v) is 2.26. The van der Waals surface area contributed by atoms with E-state index in [4.69, 9.17) is 16.9 Å². The lowest BCUT2D eigenvalue weighted by atomic mass is 10.2. The zero-order valence-electron chi connectivity index (χ0n) is 10.7. The number of benzene rings is 1. The van der Waals surface area contributed by atoms with Crippen molar-refractivity contribution in [3.05, 3.63) is 29.6 Å². The van der Waals surface area contributed by atoms with Crippen molar-refractivity contribution in [2.45, 2.75) is 26.8 Å². The summed E-state index contributed by atoms with van der Waals surface area (Å²) in [5.74, 6) is 2.10. The van der Waals surface area contributed by atoms with Crippen molar-refractivity contribution in [2.75, 3.05) is 5.88 Å². The maximum atomic E-state index is 8.98. The van der Waals surface area contributed by atoms with Gasteiger partial charge in [-0.25, -0.2) is 4.98 Å². The van der Waals surface area contributed by atoms with E-state index in [0.717, 1.165) is 29.8 Å². The summed E-state index contributed by atoms with van der Waals surface area (Å²) in [5, 5.41) is 8.98. The largest absolute Gasteiger partial charge is 0.328 e. The van der Waals surface area contributed by atoms with Crippen LogP contribution in [0.5, 0.6) is 0 Å². The minimum atomic E-state index is 0.530. The molecule has 0 atom stereocenters. The summed E-state index contributed by atoms with van der Waals surface area (Å²) in [6, 6.07) is 7.79. The van der Waals surface area contributed by atoms with Crippen LogP contribution in [-0.2, 0) is 13.0 Å². The van der Waals surface area contributed by atoms with Gasteiger partial charge in [-0.05, 0) is 24.1 Å². The summed E-state index contributed by atoms with van der Waals surface area (Å²) in [7, 11) is 0. The molecule has 0 aliphatic rings. The first kappa shape index (κ1) is 12.9. The number of nitriles is 1. The highest BCUT2D eigenvalue weighted by atomic mass is 35.5. The Morgan fingerprint density at radius 1 is 1.44 bits per heavy atom. The maximum absolute atomic E-state index is 8.98. The summed E-state index contributed by atoms with van der Waals surface area (Å²) >= 11 is 5.83. The van der Waals surface area contributed by atoms with E-state index < -0.39 is 0 Å². The maximum Gasteiger partial charge on any atom is 0.111 e. The van der Waals surface area contributed by atoms with Gasteiger partial charge in [0, 0.05) is 18.8 Å². The number of aryl methyl sites for hydroxylation is 1. The van der Waals surface area contributed by atoms with Gasteiger partial charge < -0.3 is 4.57 Å². The van der Waals surface area contributed by atoms with Crippen molar-refractivity contribution < 1.29 is 0 Å². The molecule has 0 aliphatic heterocycles. The van der Waals surface area contributed by atoms with Crippen LogP contribution in [0.1, 0.15) is 25.2 Å². The fraction of sp³-hybridized carbons (Fsp3) is 0.429. The molecule has 94 valence electrons. The number of rotatable bonds is 4. The zero-order valence-corrected chi connectivity index (χ0v) is 11.4. The molecule has 4 heteroatoms. The number of halogens is 1. The van der Waals surface area contributed by atoms with Crippen molar-refractivity contribution in [3.8, 4) is 6.07 Å². The number of imidazole rings is 1. The van der Waals surface area contributed by atoms with Crippen molar-refractivity contribution in [1.82, 2.24) is 9.55 Å². The van der Waals surface area contributed by atoms with Gasteiger partial charge in [-0.3, -0.25) is 0 Å². The third kappa shape index (κ3) is 2.49. The Morgan fingerprint density at radius 3 is 2.83 bits per heavy atom. The molecule has 1 aromatic carbocycles. The Hall–Kier alpha value is -1.53. The summed E-state index contributed by atoms with van der Waals surface area (Å²) in [6.07, 6.45) is 0.755. The summed E-state index contributed by atoms with van der Waals surface area (Å²) in [4.78, 5) is 4.60. The third-order valence-electron chi connectivity index (χ3n) is 2.82. The lowest BCUT2D eigenvalue weighted by Crippen LogP contribution is -2.09. The SMILES string of the molecule is CC(C)Cn1c(CCCl)nc2ccc(C#N)cc21. The molecule has 18 heavy (non-hydrogen) atoms. The minimum Gasteiger partial charge on any atom is -0.328 e.